The number of hydrogen-bond donors (Lipinski definition) is 3. The van der Waals surface area contributed by atoms with Gasteiger partial charge in [0.05, 0.1) is 0 Å². The second-order valence-electron chi connectivity index (χ2n) is 5.89. The Labute approximate surface area is 157 Å². The molecule has 0 aliphatic heterocycles. The molecule has 0 aliphatic carbocycles. The van der Waals surface area contributed by atoms with Crippen LogP contribution < -0.4 is 10.6 Å². The van der Waals surface area contributed by atoms with Gasteiger partial charge in [-0.25, -0.2) is 4.79 Å². The number of amides is 2. The van der Waals surface area contributed by atoms with Crippen LogP contribution in [0.3, 0.4) is 0 Å². The third-order valence-electron chi connectivity index (χ3n) is 3.53. The first-order chi connectivity index (χ1) is 12.4. The maximum Gasteiger partial charge on any atom is 0.405 e. The van der Waals surface area contributed by atoms with E-state index in [1.54, 1.807) is 6.07 Å². The summed E-state index contributed by atoms with van der Waals surface area (Å²) < 4.78 is 0. The maximum atomic E-state index is 12.6. The van der Waals surface area contributed by atoms with Gasteiger partial charge in [0.25, 0.3) is 5.91 Å². The Morgan fingerprint density at radius 3 is 2.27 bits per heavy atom. The molecule has 3 N–H and O–H groups in total. The molecule has 26 heavy (non-hydrogen) atoms. The Hall–Kier alpha value is -2.73. The minimum absolute atomic E-state index is 0.0899. The van der Waals surface area contributed by atoms with Gasteiger partial charge in [0.15, 0.2) is 5.37 Å². The van der Waals surface area contributed by atoms with Gasteiger partial charge in [-0.2, -0.15) is 0 Å². The average Bonchev–Trinajstić information content (AvgIpc) is 2.61. The van der Waals surface area contributed by atoms with Crippen LogP contribution in [0.15, 0.2) is 61.2 Å². The molecule has 136 valence electrons. The van der Waals surface area contributed by atoms with Crippen molar-refractivity contribution in [3.63, 3.8) is 0 Å². The molecule has 0 saturated heterocycles. The van der Waals surface area contributed by atoms with E-state index in [9.17, 15) is 9.59 Å². The topological polar surface area (TPSA) is 78.4 Å². The number of rotatable bonds is 7. The molecular weight excluding hydrogens is 348 g/mol. The van der Waals surface area contributed by atoms with Crippen molar-refractivity contribution in [2.45, 2.75) is 24.5 Å². The highest BCUT2D eigenvalue weighted by Gasteiger charge is 2.23. The number of carbonyl (C=O) groups is 2. The maximum absolute atomic E-state index is 12.6. The summed E-state index contributed by atoms with van der Waals surface area (Å²) >= 11 is 1.24. The first-order valence-corrected chi connectivity index (χ1v) is 9.12. The Bertz CT molecular complexity index is 791. The van der Waals surface area contributed by atoms with Crippen molar-refractivity contribution in [1.82, 2.24) is 5.32 Å². The SMILES string of the molecule is C=C(c1ccccc1)c1ccccc1NC(=O)C(NC(=O)O)SC(C)C. The number of thioether (sulfide) groups is 1. The first kappa shape index (κ1) is 19.6. The van der Waals surface area contributed by atoms with Gasteiger partial charge in [-0.05, 0) is 17.2 Å². The molecule has 5 nitrogen and oxygen atoms in total. The summed E-state index contributed by atoms with van der Waals surface area (Å²) in [6.45, 7) is 7.94. The minimum atomic E-state index is -1.24. The van der Waals surface area contributed by atoms with Gasteiger partial charge in [-0.1, -0.05) is 69.0 Å². The smallest absolute Gasteiger partial charge is 0.405 e. The molecule has 2 aromatic carbocycles. The normalized spacial score (nSPS) is 11.7. The van der Waals surface area contributed by atoms with E-state index in [4.69, 9.17) is 5.11 Å². The number of benzene rings is 2. The fourth-order valence-electron chi connectivity index (χ4n) is 2.39. The lowest BCUT2D eigenvalue weighted by Gasteiger charge is -2.20. The van der Waals surface area contributed by atoms with E-state index in [0.29, 0.717) is 5.69 Å². The number of hydrogen-bond acceptors (Lipinski definition) is 3. The number of para-hydroxylation sites is 1. The van der Waals surface area contributed by atoms with Crippen molar-refractivity contribution in [3.05, 3.63) is 72.3 Å². The van der Waals surface area contributed by atoms with Gasteiger partial charge in [-0.3, -0.25) is 4.79 Å². The molecule has 0 radical (unpaired) electrons. The van der Waals surface area contributed by atoms with Gasteiger partial charge >= 0.3 is 6.09 Å². The Balaban J connectivity index is 2.25. The Morgan fingerprint density at radius 1 is 1.04 bits per heavy atom. The zero-order chi connectivity index (χ0) is 19.1. The van der Waals surface area contributed by atoms with Gasteiger partial charge in [0.2, 0.25) is 0 Å². The highest BCUT2D eigenvalue weighted by atomic mass is 32.2. The third-order valence-corrected chi connectivity index (χ3v) is 4.68. The predicted molar refractivity (Wildman–Crippen MR) is 107 cm³/mol. The molecule has 0 fully saturated rings. The predicted octanol–water partition coefficient (Wildman–Crippen LogP) is 4.42. The van der Waals surface area contributed by atoms with E-state index >= 15 is 0 Å². The zero-order valence-electron chi connectivity index (χ0n) is 14.7. The average molecular weight is 370 g/mol. The minimum Gasteiger partial charge on any atom is -0.465 e. The van der Waals surface area contributed by atoms with E-state index < -0.39 is 17.4 Å². The van der Waals surface area contributed by atoms with Crippen molar-refractivity contribution in [2.75, 3.05) is 5.32 Å². The summed E-state index contributed by atoms with van der Waals surface area (Å²) in [6, 6.07) is 17.0. The van der Waals surface area contributed by atoms with Gasteiger partial charge in [-0.15, -0.1) is 11.8 Å². The van der Waals surface area contributed by atoms with Crippen LogP contribution in [0.2, 0.25) is 0 Å². The van der Waals surface area contributed by atoms with Crippen molar-refractivity contribution >= 4 is 35.0 Å². The van der Waals surface area contributed by atoms with E-state index in [2.05, 4.69) is 17.2 Å². The number of carbonyl (C=O) groups excluding carboxylic acids is 1. The summed E-state index contributed by atoms with van der Waals surface area (Å²) in [4.78, 5) is 23.6. The van der Waals surface area contributed by atoms with Crippen molar-refractivity contribution in [1.29, 1.82) is 0 Å². The van der Waals surface area contributed by atoms with Gasteiger partial charge in [0.1, 0.15) is 0 Å². The Kier molecular flexibility index (Phi) is 6.86. The Morgan fingerprint density at radius 2 is 1.65 bits per heavy atom. The molecule has 0 aromatic heterocycles. The van der Waals surface area contributed by atoms with Crippen LogP contribution in [0, 0.1) is 0 Å². The fraction of sp³-hybridized carbons (Fsp3) is 0.200. The molecule has 2 amide bonds. The molecule has 2 rings (SSSR count). The molecule has 1 unspecified atom stereocenters. The molecule has 0 spiro atoms. The summed E-state index contributed by atoms with van der Waals surface area (Å²) in [6.07, 6.45) is -1.24. The van der Waals surface area contributed by atoms with Crippen LogP contribution in [-0.2, 0) is 4.79 Å². The molecule has 0 aliphatic rings. The van der Waals surface area contributed by atoms with E-state index in [-0.39, 0.29) is 5.25 Å². The quantitative estimate of drug-likeness (QED) is 0.630. The zero-order valence-corrected chi connectivity index (χ0v) is 15.5. The lowest BCUT2D eigenvalue weighted by atomic mass is 9.98. The fourth-order valence-corrected chi connectivity index (χ4v) is 3.29. The third kappa shape index (κ3) is 5.39. The molecule has 2 aromatic rings. The van der Waals surface area contributed by atoms with E-state index in [1.165, 1.54) is 11.8 Å². The molecule has 0 bridgehead atoms. The number of carboxylic acid groups (broad SMARTS) is 1. The van der Waals surface area contributed by atoms with Crippen LogP contribution >= 0.6 is 11.8 Å². The summed E-state index contributed by atoms with van der Waals surface area (Å²) in [5.41, 5.74) is 3.11. The second kappa shape index (κ2) is 9.10. The second-order valence-corrected chi connectivity index (χ2v) is 7.58. The molecular formula is C20H22N2O3S. The van der Waals surface area contributed by atoms with Crippen molar-refractivity contribution < 1.29 is 14.7 Å². The highest BCUT2D eigenvalue weighted by molar-refractivity contribution is 8.01. The monoisotopic (exact) mass is 370 g/mol. The standard InChI is InChI=1S/C20H22N2O3S/c1-13(2)26-19(22-20(24)25)18(23)21-17-12-8-7-11-16(17)14(3)15-9-5-4-6-10-15/h4-13,19,22H,3H2,1-2H3,(H,21,23)(H,24,25). The van der Waals surface area contributed by atoms with Crippen LogP contribution in [0.1, 0.15) is 25.0 Å². The largest absolute Gasteiger partial charge is 0.465 e. The number of anilines is 1. The van der Waals surface area contributed by atoms with Gasteiger partial charge < -0.3 is 15.7 Å². The van der Waals surface area contributed by atoms with Gasteiger partial charge in [0, 0.05) is 16.5 Å². The van der Waals surface area contributed by atoms with E-state index in [1.807, 2.05) is 62.4 Å². The summed E-state index contributed by atoms with van der Waals surface area (Å²) in [5, 5.41) is 13.3. The molecule has 6 heteroatoms. The molecule has 1 atom stereocenters. The highest BCUT2D eigenvalue weighted by Crippen LogP contribution is 2.28. The summed E-state index contributed by atoms with van der Waals surface area (Å²) in [5.74, 6) is -0.417. The lowest BCUT2D eigenvalue weighted by Crippen LogP contribution is -2.41. The number of nitrogens with one attached hydrogen (secondary N) is 2. The van der Waals surface area contributed by atoms with Crippen molar-refractivity contribution in [3.8, 4) is 0 Å². The van der Waals surface area contributed by atoms with Crippen LogP contribution in [0.5, 0.6) is 0 Å². The van der Waals surface area contributed by atoms with Crippen LogP contribution in [0.4, 0.5) is 10.5 Å². The summed E-state index contributed by atoms with van der Waals surface area (Å²) in [7, 11) is 0. The molecule has 0 heterocycles. The lowest BCUT2D eigenvalue weighted by molar-refractivity contribution is -0.116. The van der Waals surface area contributed by atoms with Crippen LogP contribution in [0.25, 0.3) is 5.57 Å². The first-order valence-electron chi connectivity index (χ1n) is 8.18. The molecule has 0 saturated carbocycles. The van der Waals surface area contributed by atoms with Crippen LogP contribution in [-0.4, -0.2) is 27.7 Å². The van der Waals surface area contributed by atoms with Crippen molar-refractivity contribution in [2.24, 2.45) is 0 Å². The van der Waals surface area contributed by atoms with E-state index in [0.717, 1.165) is 16.7 Å².